The third kappa shape index (κ3) is 2.50. The van der Waals surface area contributed by atoms with Crippen LogP contribution in [0.4, 0.5) is 4.79 Å². The average molecular weight is 225 g/mol. The van der Waals surface area contributed by atoms with Crippen LogP contribution in [0.3, 0.4) is 0 Å². The van der Waals surface area contributed by atoms with Gasteiger partial charge in [0.2, 0.25) is 0 Å². The lowest BCUT2D eigenvalue weighted by Gasteiger charge is -2.38. The van der Waals surface area contributed by atoms with E-state index in [1.165, 1.54) is 12.8 Å². The summed E-state index contributed by atoms with van der Waals surface area (Å²) in [4.78, 5) is 13.9. The third-order valence-corrected chi connectivity index (χ3v) is 3.73. The topological polar surface area (TPSA) is 29.5 Å². The Hall–Kier alpha value is -0.730. The molecule has 0 aromatic heterocycles. The van der Waals surface area contributed by atoms with Crippen LogP contribution in [0.1, 0.15) is 53.4 Å². The molecule has 0 radical (unpaired) electrons. The lowest BCUT2D eigenvalue weighted by molar-refractivity contribution is 0.00547. The SMILES string of the molecule is CC1CC2(CCN1C(=O)OC(C)(C)C)CC2. The minimum absolute atomic E-state index is 0.143. The van der Waals surface area contributed by atoms with Crippen molar-refractivity contribution in [3.05, 3.63) is 0 Å². The second kappa shape index (κ2) is 3.64. The Labute approximate surface area is 98.1 Å². The first-order valence-electron chi connectivity index (χ1n) is 6.31. The molecule has 2 aliphatic rings. The molecule has 0 N–H and O–H groups in total. The molecule has 1 unspecified atom stereocenters. The minimum Gasteiger partial charge on any atom is -0.444 e. The van der Waals surface area contributed by atoms with E-state index in [0.29, 0.717) is 11.5 Å². The van der Waals surface area contributed by atoms with E-state index in [0.717, 1.165) is 19.4 Å². The van der Waals surface area contributed by atoms with E-state index >= 15 is 0 Å². The number of hydrogen-bond acceptors (Lipinski definition) is 2. The summed E-state index contributed by atoms with van der Waals surface area (Å²) in [5.74, 6) is 0. The van der Waals surface area contributed by atoms with Crippen molar-refractivity contribution in [2.45, 2.75) is 65.0 Å². The zero-order valence-electron chi connectivity index (χ0n) is 10.9. The van der Waals surface area contributed by atoms with Crippen LogP contribution >= 0.6 is 0 Å². The van der Waals surface area contributed by atoms with Gasteiger partial charge in [-0.15, -0.1) is 0 Å². The number of amides is 1. The fourth-order valence-corrected chi connectivity index (χ4v) is 2.64. The van der Waals surface area contributed by atoms with Crippen LogP contribution in [0.15, 0.2) is 0 Å². The fourth-order valence-electron chi connectivity index (χ4n) is 2.64. The zero-order chi connectivity index (χ0) is 12.0. The number of hydrogen-bond donors (Lipinski definition) is 0. The molecule has 1 heterocycles. The van der Waals surface area contributed by atoms with Crippen molar-refractivity contribution in [2.24, 2.45) is 5.41 Å². The number of likely N-dealkylation sites (tertiary alicyclic amines) is 1. The van der Waals surface area contributed by atoms with Gasteiger partial charge in [0.15, 0.2) is 0 Å². The highest BCUT2D eigenvalue weighted by Gasteiger charge is 2.48. The lowest BCUT2D eigenvalue weighted by atomic mass is 9.89. The van der Waals surface area contributed by atoms with Crippen LogP contribution in [-0.4, -0.2) is 29.2 Å². The quantitative estimate of drug-likeness (QED) is 0.633. The Balaban J connectivity index is 1.92. The summed E-state index contributed by atoms with van der Waals surface area (Å²) in [6.45, 7) is 8.77. The molecule has 0 aromatic carbocycles. The van der Waals surface area contributed by atoms with E-state index in [2.05, 4.69) is 6.92 Å². The molecule has 2 fully saturated rings. The van der Waals surface area contributed by atoms with Gasteiger partial charge in [-0.1, -0.05) is 0 Å². The molecular weight excluding hydrogens is 202 g/mol. The van der Waals surface area contributed by atoms with E-state index in [4.69, 9.17) is 4.74 Å². The molecule has 3 nitrogen and oxygen atoms in total. The zero-order valence-corrected chi connectivity index (χ0v) is 10.9. The molecule has 1 aliphatic carbocycles. The smallest absolute Gasteiger partial charge is 0.410 e. The van der Waals surface area contributed by atoms with Crippen molar-refractivity contribution in [3.63, 3.8) is 0 Å². The molecule has 1 saturated carbocycles. The first-order chi connectivity index (χ1) is 7.31. The number of rotatable bonds is 0. The average Bonchev–Trinajstić information content (AvgIpc) is 2.81. The Bertz CT molecular complexity index is 289. The molecule has 1 aliphatic heterocycles. The summed E-state index contributed by atoms with van der Waals surface area (Å²) in [5.41, 5.74) is 0.212. The maximum Gasteiger partial charge on any atom is 0.410 e. The van der Waals surface area contributed by atoms with Crippen LogP contribution in [0.2, 0.25) is 0 Å². The van der Waals surface area contributed by atoms with Crippen molar-refractivity contribution >= 4 is 6.09 Å². The number of carbonyl (C=O) groups excluding carboxylic acids is 1. The number of carbonyl (C=O) groups is 1. The summed E-state index contributed by atoms with van der Waals surface area (Å²) in [6.07, 6.45) is 4.90. The molecule has 1 atom stereocenters. The van der Waals surface area contributed by atoms with Crippen molar-refractivity contribution in [1.82, 2.24) is 4.90 Å². The normalized spacial score (nSPS) is 28.0. The maximum absolute atomic E-state index is 12.0. The lowest BCUT2D eigenvalue weighted by Crippen LogP contribution is -2.47. The van der Waals surface area contributed by atoms with E-state index < -0.39 is 0 Å². The first-order valence-corrected chi connectivity index (χ1v) is 6.31. The van der Waals surface area contributed by atoms with Gasteiger partial charge in [0.1, 0.15) is 5.60 Å². The molecule has 0 bridgehead atoms. The van der Waals surface area contributed by atoms with Crippen molar-refractivity contribution in [3.8, 4) is 0 Å². The monoisotopic (exact) mass is 225 g/mol. The van der Waals surface area contributed by atoms with E-state index in [9.17, 15) is 4.79 Å². The highest BCUT2D eigenvalue weighted by atomic mass is 16.6. The van der Waals surface area contributed by atoms with E-state index in [1.807, 2.05) is 25.7 Å². The Morgan fingerprint density at radius 2 is 1.94 bits per heavy atom. The van der Waals surface area contributed by atoms with Gasteiger partial charge < -0.3 is 9.64 Å². The Morgan fingerprint density at radius 3 is 2.38 bits per heavy atom. The summed E-state index contributed by atoms with van der Waals surface area (Å²) in [6, 6.07) is 0.339. The molecule has 3 heteroatoms. The largest absolute Gasteiger partial charge is 0.444 e. The van der Waals surface area contributed by atoms with E-state index in [-0.39, 0.29) is 11.7 Å². The second-order valence-electron chi connectivity index (χ2n) is 6.48. The van der Waals surface area contributed by atoms with Crippen molar-refractivity contribution < 1.29 is 9.53 Å². The van der Waals surface area contributed by atoms with Gasteiger partial charge in [-0.3, -0.25) is 0 Å². The van der Waals surface area contributed by atoms with Crippen LogP contribution in [0.5, 0.6) is 0 Å². The van der Waals surface area contributed by atoms with Crippen LogP contribution in [-0.2, 0) is 4.74 Å². The molecule has 1 saturated heterocycles. The molecule has 1 spiro atoms. The molecule has 1 amide bonds. The Morgan fingerprint density at radius 1 is 1.31 bits per heavy atom. The van der Waals surface area contributed by atoms with Crippen molar-refractivity contribution in [2.75, 3.05) is 6.54 Å². The third-order valence-electron chi connectivity index (χ3n) is 3.73. The highest BCUT2D eigenvalue weighted by molar-refractivity contribution is 5.68. The maximum atomic E-state index is 12.0. The summed E-state index contributed by atoms with van der Waals surface area (Å²) >= 11 is 0. The molecule has 0 aromatic rings. The number of ether oxygens (including phenoxy) is 1. The van der Waals surface area contributed by atoms with Gasteiger partial charge in [-0.05, 0) is 58.8 Å². The summed E-state index contributed by atoms with van der Waals surface area (Å²) in [7, 11) is 0. The van der Waals surface area contributed by atoms with Crippen LogP contribution < -0.4 is 0 Å². The molecule has 16 heavy (non-hydrogen) atoms. The van der Waals surface area contributed by atoms with Gasteiger partial charge in [-0.2, -0.15) is 0 Å². The molecule has 92 valence electrons. The van der Waals surface area contributed by atoms with Gasteiger partial charge in [0.25, 0.3) is 0 Å². The molecular formula is C13H23NO2. The predicted octanol–water partition coefficient (Wildman–Crippen LogP) is 3.19. The van der Waals surface area contributed by atoms with Gasteiger partial charge in [0.05, 0.1) is 0 Å². The summed E-state index contributed by atoms with van der Waals surface area (Å²) < 4.78 is 5.42. The highest BCUT2D eigenvalue weighted by Crippen LogP contribution is 2.55. The fraction of sp³-hybridized carbons (Fsp3) is 0.923. The van der Waals surface area contributed by atoms with Gasteiger partial charge >= 0.3 is 6.09 Å². The number of piperidine rings is 1. The number of nitrogens with zero attached hydrogens (tertiary/aromatic N) is 1. The molecule has 2 rings (SSSR count). The minimum atomic E-state index is -0.383. The van der Waals surface area contributed by atoms with Crippen molar-refractivity contribution in [1.29, 1.82) is 0 Å². The first kappa shape index (κ1) is 11.7. The van der Waals surface area contributed by atoms with Crippen LogP contribution in [0.25, 0.3) is 0 Å². The van der Waals surface area contributed by atoms with Gasteiger partial charge in [-0.25, -0.2) is 4.79 Å². The summed E-state index contributed by atoms with van der Waals surface area (Å²) in [5, 5.41) is 0. The predicted molar refractivity (Wildman–Crippen MR) is 63.3 cm³/mol. The second-order valence-corrected chi connectivity index (χ2v) is 6.48. The standard InChI is InChI=1S/C13H23NO2/c1-10-9-13(5-6-13)7-8-14(10)11(15)16-12(2,3)4/h10H,5-9H2,1-4H3. The Kier molecular flexibility index (Phi) is 2.67. The van der Waals surface area contributed by atoms with Gasteiger partial charge in [0, 0.05) is 12.6 Å². The van der Waals surface area contributed by atoms with Crippen LogP contribution in [0, 0.1) is 5.41 Å². The van der Waals surface area contributed by atoms with E-state index in [1.54, 1.807) is 0 Å².